The summed E-state index contributed by atoms with van der Waals surface area (Å²) < 4.78 is 4.88. The summed E-state index contributed by atoms with van der Waals surface area (Å²) >= 11 is 0. The smallest absolute Gasteiger partial charge is 0.302 e. The zero-order valence-electron chi connectivity index (χ0n) is 7.05. The van der Waals surface area contributed by atoms with E-state index in [0.717, 1.165) is 6.54 Å². The molecule has 0 aromatic carbocycles. The van der Waals surface area contributed by atoms with Crippen LogP contribution in [0.25, 0.3) is 0 Å². The van der Waals surface area contributed by atoms with Crippen LogP contribution >= 0.6 is 0 Å². The monoisotopic (exact) mass is 143 g/mol. The number of hydrogen-bond acceptors (Lipinski definition) is 3. The van der Waals surface area contributed by atoms with Gasteiger partial charge >= 0.3 is 5.97 Å². The van der Waals surface area contributed by atoms with Crippen LogP contribution < -0.4 is 0 Å². The minimum atomic E-state index is -0.214. The van der Waals surface area contributed by atoms with E-state index in [1.54, 1.807) is 0 Å². The van der Waals surface area contributed by atoms with Gasteiger partial charge in [0.1, 0.15) is 0 Å². The number of carbonyl (C=O) groups is 1. The number of hydrogen-bond donors (Lipinski definition) is 0. The summed E-state index contributed by atoms with van der Waals surface area (Å²) in [5, 5.41) is 0. The Bertz CT molecular complexity index is 116. The van der Waals surface area contributed by atoms with Crippen LogP contribution in [0, 0.1) is 0 Å². The van der Waals surface area contributed by atoms with E-state index in [4.69, 9.17) is 4.74 Å². The summed E-state index contributed by atoms with van der Waals surface area (Å²) in [6.45, 7) is 2.20. The number of carbonyl (C=O) groups excluding carboxylic acids is 1. The highest BCUT2D eigenvalue weighted by molar-refractivity contribution is 6.11. The molecule has 0 heterocycles. The lowest BCUT2D eigenvalue weighted by Crippen LogP contribution is -2.29. The fourth-order valence-corrected chi connectivity index (χ4v) is 0.835. The average Bonchev–Trinajstić information content (AvgIpc) is 1.58. The van der Waals surface area contributed by atoms with E-state index < -0.39 is 0 Å². The van der Waals surface area contributed by atoms with Crippen molar-refractivity contribution in [1.29, 1.82) is 0 Å². The second kappa shape index (κ2) is 4.33. The van der Waals surface area contributed by atoms with Crippen molar-refractivity contribution in [1.82, 2.24) is 4.90 Å². The van der Waals surface area contributed by atoms with Crippen molar-refractivity contribution in [3.05, 3.63) is 0 Å². The fourth-order valence-electron chi connectivity index (χ4n) is 0.835. The Morgan fingerprint density at radius 3 is 2.50 bits per heavy atom. The first-order chi connectivity index (χ1) is 4.52. The summed E-state index contributed by atoms with van der Waals surface area (Å²) in [7, 11) is 5.77. The lowest BCUT2D eigenvalue weighted by Gasteiger charge is -2.16. The predicted octanol–water partition coefficient (Wildman–Crippen LogP) is -0.930. The number of nitrogens with zero attached hydrogens (tertiary/aromatic N) is 1. The Balaban J connectivity index is 3.43. The highest BCUT2D eigenvalue weighted by Crippen LogP contribution is 1.88. The van der Waals surface area contributed by atoms with E-state index in [-0.39, 0.29) is 12.0 Å². The lowest BCUT2D eigenvalue weighted by molar-refractivity contribution is -0.143. The maximum atomic E-state index is 10.4. The van der Waals surface area contributed by atoms with E-state index >= 15 is 0 Å². The van der Waals surface area contributed by atoms with Crippen molar-refractivity contribution >= 4 is 13.8 Å². The third kappa shape index (κ3) is 5.63. The van der Waals surface area contributed by atoms with Crippen LogP contribution in [-0.4, -0.2) is 45.4 Å². The van der Waals surface area contributed by atoms with Gasteiger partial charge in [-0.05, 0) is 14.1 Å². The Kier molecular flexibility index (Phi) is 4.11. The Morgan fingerprint density at radius 2 is 2.20 bits per heavy atom. The second-order valence-electron chi connectivity index (χ2n) is 2.68. The molecule has 0 N–H and O–H groups in total. The van der Waals surface area contributed by atoms with E-state index in [2.05, 4.69) is 0 Å². The van der Waals surface area contributed by atoms with Crippen molar-refractivity contribution in [3.8, 4) is 0 Å². The molecule has 0 bridgehead atoms. The Labute approximate surface area is 62.8 Å². The van der Waals surface area contributed by atoms with Crippen LogP contribution in [0.15, 0.2) is 0 Å². The minimum absolute atomic E-state index is 0.00694. The summed E-state index contributed by atoms with van der Waals surface area (Å²) in [5.74, 6) is -0.214. The van der Waals surface area contributed by atoms with E-state index in [0.29, 0.717) is 0 Å². The van der Waals surface area contributed by atoms with Gasteiger partial charge < -0.3 is 9.64 Å². The van der Waals surface area contributed by atoms with Crippen LogP contribution in [0.4, 0.5) is 0 Å². The molecule has 4 heteroatoms. The molecule has 0 spiro atoms. The summed E-state index contributed by atoms with van der Waals surface area (Å²) in [6.07, 6.45) is 0. The lowest BCUT2D eigenvalue weighted by atomic mass is 10.00. The quantitative estimate of drug-likeness (QED) is 0.377. The molecule has 0 saturated carbocycles. The minimum Gasteiger partial charge on any atom is -0.471 e. The first-order valence-corrected chi connectivity index (χ1v) is 3.34. The number of rotatable bonds is 3. The van der Waals surface area contributed by atoms with Crippen LogP contribution in [0.5, 0.6) is 0 Å². The third-order valence-electron chi connectivity index (χ3n) is 0.989. The molecular formula is C6H14BNO2. The molecule has 1 atom stereocenters. The van der Waals surface area contributed by atoms with Gasteiger partial charge in [0.2, 0.25) is 0 Å². The van der Waals surface area contributed by atoms with Crippen LogP contribution in [0.3, 0.4) is 0 Å². The van der Waals surface area contributed by atoms with Gasteiger partial charge in [-0.3, -0.25) is 4.79 Å². The SMILES string of the molecule is BC(CN(C)C)OC(C)=O. The molecule has 0 rings (SSSR count). The van der Waals surface area contributed by atoms with E-state index in [9.17, 15) is 4.79 Å². The van der Waals surface area contributed by atoms with Crippen molar-refractivity contribution in [2.45, 2.75) is 12.9 Å². The molecule has 0 aliphatic heterocycles. The van der Waals surface area contributed by atoms with Crippen LogP contribution in [0.1, 0.15) is 6.92 Å². The second-order valence-corrected chi connectivity index (χ2v) is 2.68. The molecule has 0 aliphatic carbocycles. The zero-order chi connectivity index (χ0) is 8.15. The van der Waals surface area contributed by atoms with Gasteiger partial charge in [-0.1, -0.05) is 0 Å². The number of likely N-dealkylation sites (N-methyl/N-ethyl adjacent to an activating group) is 1. The maximum Gasteiger partial charge on any atom is 0.302 e. The summed E-state index contributed by atoms with van der Waals surface area (Å²) in [6, 6.07) is -0.00694. The topological polar surface area (TPSA) is 29.5 Å². The van der Waals surface area contributed by atoms with E-state index in [1.807, 2.05) is 26.8 Å². The first kappa shape index (κ1) is 9.49. The van der Waals surface area contributed by atoms with Gasteiger partial charge in [0.05, 0.1) is 6.00 Å². The predicted molar refractivity (Wildman–Crippen MR) is 42.7 cm³/mol. The average molecular weight is 143 g/mol. The molecule has 0 fully saturated rings. The molecule has 0 aromatic heterocycles. The standard InChI is InChI=1S/C6H14BNO2/c1-5(9)10-6(7)4-8(2)3/h6H,4,7H2,1-3H3. The molecule has 0 amide bonds. The van der Waals surface area contributed by atoms with Gasteiger partial charge in [-0.15, -0.1) is 0 Å². The normalized spacial score (nSPS) is 13.2. The molecule has 3 nitrogen and oxygen atoms in total. The van der Waals surface area contributed by atoms with Gasteiger partial charge in [0.25, 0.3) is 0 Å². The molecule has 10 heavy (non-hydrogen) atoms. The highest BCUT2D eigenvalue weighted by Gasteiger charge is 2.05. The maximum absolute atomic E-state index is 10.4. The largest absolute Gasteiger partial charge is 0.471 e. The first-order valence-electron chi connectivity index (χ1n) is 3.34. The molecule has 0 aromatic rings. The highest BCUT2D eigenvalue weighted by atomic mass is 16.5. The number of ether oxygens (including phenoxy) is 1. The van der Waals surface area contributed by atoms with E-state index in [1.165, 1.54) is 6.92 Å². The van der Waals surface area contributed by atoms with Crippen molar-refractivity contribution in [3.63, 3.8) is 0 Å². The van der Waals surface area contributed by atoms with Gasteiger partial charge in [-0.2, -0.15) is 0 Å². The van der Waals surface area contributed by atoms with Crippen LogP contribution in [0.2, 0.25) is 0 Å². The fraction of sp³-hybridized carbons (Fsp3) is 0.833. The molecule has 0 aliphatic rings. The molecular weight excluding hydrogens is 129 g/mol. The molecule has 58 valence electrons. The van der Waals surface area contributed by atoms with Gasteiger partial charge in [0, 0.05) is 13.5 Å². The third-order valence-corrected chi connectivity index (χ3v) is 0.989. The Morgan fingerprint density at radius 1 is 1.70 bits per heavy atom. The van der Waals surface area contributed by atoms with Crippen molar-refractivity contribution in [2.75, 3.05) is 20.6 Å². The number of esters is 1. The van der Waals surface area contributed by atoms with Gasteiger partial charge in [-0.25, -0.2) is 0 Å². The molecule has 1 unspecified atom stereocenters. The van der Waals surface area contributed by atoms with Crippen molar-refractivity contribution < 1.29 is 9.53 Å². The Hall–Kier alpha value is -0.505. The molecule has 0 radical (unpaired) electrons. The molecule has 0 saturated heterocycles. The summed E-state index contributed by atoms with van der Waals surface area (Å²) in [5.41, 5.74) is 0. The summed E-state index contributed by atoms with van der Waals surface area (Å²) in [4.78, 5) is 12.4. The zero-order valence-corrected chi connectivity index (χ0v) is 7.05. The van der Waals surface area contributed by atoms with Gasteiger partial charge in [0.15, 0.2) is 7.85 Å². The van der Waals surface area contributed by atoms with Crippen molar-refractivity contribution in [2.24, 2.45) is 0 Å². The van der Waals surface area contributed by atoms with Crippen LogP contribution in [-0.2, 0) is 9.53 Å².